The van der Waals surface area contributed by atoms with Crippen LogP contribution in [0.15, 0.2) is 388 Å². The summed E-state index contributed by atoms with van der Waals surface area (Å²) in [6.45, 7) is 10.7. The first kappa shape index (κ1) is 65.8. The summed E-state index contributed by atoms with van der Waals surface area (Å²) in [6, 6.07) is 138. The molecule has 508 valence electrons. The fourth-order valence-corrected chi connectivity index (χ4v) is 15.6. The largest absolute Gasteiger partial charge is 0.309 e. The van der Waals surface area contributed by atoms with Crippen molar-refractivity contribution < 1.29 is 0 Å². The summed E-state index contributed by atoms with van der Waals surface area (Å²) < 4.78 is 11.8. The van der Waals surface area contributed by atoms with Gasteiger partial charge in [0.05, 0.1) is 55.2 Å². The second-order valence-corrected chi connectivity index (χ2v) is 27.5. The van der Waals surface area contributed by atoms with Crippen LogP contribution in [-0.2, 0) is 0 Å². The quantitative estimate of drug-likeness (QED) is 0.159. The Kier molecular flexibility index (Phi) is 17.8. The van der Waals surface area contributed by atoms with Gasteiger partial charge >= 0.3 is 0 Å². The predicted molar refractivity (Wildman–Crippen MR) is 453 cm³/mol. The molecule has 0 aliphatic rings. The van der Waals surface area contributed by atoms with Crippen LogP contribution >= 0.6 is 0 Å². The maximum Gasteiger partial charge on any atom is 0.0570 e. The van der Waals surface area contributed by atoms with Crippen molar-refractivity contribution in [3.63, 3.8) is 0 Å². The third kappa shape index (κ3) is 12.3. The summed E-state index contributed by atoms with van der Waals surface area (Å²) in [5.41, 5.74) is 27.7. The number of hydrogen-bond donors (Lipinski definition) is 0. The summed E-state index contributed by atoms with van der Waals surface area (Å²) in [6.07, 6.45) is 0. The number of benzene rings is 16. The molecule has 0 spiro atoms. The number of fused-ring (bicyclic) bond motifs is 15. The normalized spacial score (nSPS) is 11.3. The van der Waals surface area contributed by atoms with Gasteiger partial charge in [0.1, 0.15) is 0 Å². The van der Waals surface area contributed by atoms with E-state index in [-0.39, 0.29) is 0 Å². The highest BCUT2D eigenvalue weighted by molar-refractivity contribution is 6.13. The molecule has 21 rings (SSSR count). The first-order chi connectivity index (χ1) is 52.2. The van der Waals surface area contributed by atoms with E-state index in [1.165, 1.54) is 176 Å². The van der Waals surface area contributed by atoms with E-state index >= 15 is 0 Å². The third-order valence-corrected chi connectivity index (χ3v) is 20.6. The molecule has 5 heterocycles. The average molecular weight is 1360 g/mol. The Morgan fingerprint density at radius 3 is 0.915 bits per heavy atom. The van der Waals surface area contributed by atoms with Crippen LogP contribution in [-0.4, -0.2) is 22.8 Å². The van der Waals surface area contributed by atoms with Gasteiger partial charge < -0.3 is 22.8 Å². The van der Waals surface area contributed by atoms with Gasteiger partial charge in [-0.15, -0.1) is 0 Å². The second kappa shape index (κ2) is 28.7. The zero-order valence-corrected chi connectivity index (χ0v) is 60.2. The van der Waals surface area contributed by atoms with E-state index in [1.54, 1.807) is 0 Å². The Hall–Kier alpha value is -13.5. The lowest BCUT2D eigenvalue weighted by Gasteiger charge is -2.10. The SMILES string of the molecule is Cc1ccc(-c2ccc3c4ccccc4n(-c4ccccc4)c3c2)cc1.Cc1ccc(-n2c3ccccc3c3ccccc32)cc1.Cc1cccc(-n2c3ccccc3c3ccccc32)c1.Cc1cccc2c3ccccc3n(-c3ccccc3)c12.Cc1ccccc1-n1c2ccccc2c2ccccc21. The van der Waals surface area contributed by atoms with Crippen molar-refractivity contribution in [1.29, 1.82) is 0 Å². The number of nitrogens with zero attached hydrogens (tertiary/aromatic N) is 5. The zero-order chi connectivity index (χ0) is 71.6. The van der Waals surface area contributed by atoms with Gasteiger partial charge in [0.25, 0.3) is 0 Å². The molecule has 5 heteroatoms. The van der Waals surface area contributed by atoms with Gasteiger partial charge in [-0.05, 0) is 172 Å². The van der Waals surface area contributed by atoms with Crippen molar-refractivity contribution in [2.45, 2.75) is 34.6 Å². The van der Waals surface area contributed by atoms with Gasteiger partial charge in [-0.25, -0.2) is 0 Å². The van der Waals surface area contributed by atoms with Crippen molar-refractivity contribution in [1.82, 2.24) is 22.8 Å². The Bertz CT molecular complexity index is 6580. The number of rotatable bonds is 6. The predicted octanol–water partition coefficient (Wildman–Crippen LogP) is 27.1. The van der Waals surface area contributed by atoms with Crippen LogP contribution in [0.4, 0.5) is 0 Å². The summed E-state index contributed by atoms with van der Waals surface area (Å²) in [4.78, 5) is 0. The lowest BCUT2D eigenvalue weighted by molar-refractivity contribution is 1.15. The van der Waals surface area contributed by atoms with Gasteiger partial charge in [-0.2, -0.15) is 0 Å². The van der Waals surface area contributed by atoms with Crippen LogP contribution in [0.3, 0.4) is 0 Å². The van der Waals surface area contributed by atoms with Crippen LogP contribution in [0.1, 0.15) is 27.8 Å². The smallest absolute Gasteiger partial charge is 0.0570 e. The third-order valence-electron chi connectivity index (χ3n) is 20.6. The molecule has 0 unspecified atom stereocenters. The molecular formula is C101H79N5. The molecule has 0 saturated carbocycles. The van der Waals surface area contributed by atoms with Gasteiger partial charge in [0, 0.05) is 82.3 Å². The molecule has 106 heavy (non-hydrogen) atoms. The monoisotopic (exact) mass is 1360 g/mol. The van der Waals surface area contributed by atoms with Crippen LogP contribution in [0.5, 0.6) is 0 Å². The summed E-state index contributed by atoms with van der Waals surface area (Å²) >= 11 is 0. The van der Waals surface area contributed by atoms with E-state index in [9.17, 15) is 0 Å². The molecule has 0 amide bonds. The molecule has 0 bridgehead atoms. The molecule has 0 fully saturated rings. The van der Waals surface area contributed by atoms with Crippen molar-refractivity contribution in [2.24, 2.45) is 0 Å². The number of aryl methyl sites for hydroxylation is 5. The number of aromatic nitrogens is 5. The zero-order valence-electron chi connectivity index (χ0n) is 60.2. The Labute approximate surface area is 618 Å². The van der Waals surface area contributed by atoms with Crippen LogP contribution in [0, 0.1) is 34.6 Å². The van der Waals surface area contributed by atoms with Gasteiger partial charge in [0.2, 0.25) is 0 Å². The molecule has 21 aromatic rings. The highest BCUT2D eigenvalue weighted by Crippen LogP contribution is 2.39. The fraction of sp³-hybridized carbons (Fsp3) is 0.0495. The molecule has 0 aliphatic heterocycles. The molecule has 16 aromatic carbocycles. The Morgan fingerprint density at radius 2 is 0.462 bits per heavy atom. The molecule has 0 aliphatic carbocycles. The van der Waals surface area contributed by atoms with Gasteiger partial charge in [0.15, 0.2) is 0 Å². The van der Waals surface area contributed by atoms with Crippen molar-refractivity contribution >= 4 is 109 Å². The molecule has 0 N–H and O–H groups in total. The van der Waals surface area contributed by atoms with Gasteiger partial charge in [-0.1, -0.05) is 290 Å². The first-order valence-corrected chi connectivity index (χ1v) is 36.6. The number of hydrogen-bond acceptors (Lipinski definition) is 0. The summed E-state index contributed by atoms with van der Waals surface area (Å²) in [7, 11) is 0. The first-order valence-electron chi connectivity index (χ1n) is 36.6. The minimum atomic E-state index is 1.19. The van der Waals surface area contributed by atoms with Crippen molar-refractivity contribution in [2.75, 3.05) is 0 Å². The highest BCUT2D eigenvalue weighted by Gasteiger charge is 2.18. The maximum absolute atomic E-state index is 2.36. The van der Waals surface area contributed by atoms with Crippen molar-refractivity contribution in [3.05, 3.63) is 416 Å². The van der Waals surface area contributed by atoms with E-state index in [0.717, 1.165) is 0 Å². The van der Waals surface area contributed by atoms with Crippen LogP contribution in [0.25, 0.3) is 149 Å². The van der Waals surface area contributed by atoms with Crippen LogP contribution in [0.2, 0.25) is 0 Å². The fourth-order valence-electron chi connectivity index (χ4n) is 15.6. The van der Waals surface area contributed by atoms with E-state index in [0.29, 0.717) is 0 Å². The minimum absolute atomic E-state index is 1.19. The second-order valence-electron chi connectivity index (χ2n) is 27.5. The van der Waals surface area contributed by atoms with E-state index in [2.05, 4.69) is 446 Å². The lowest BCUT2D eigenvalue weighted by Crippen LogP contribution is -1.96. The lowest BCUT2D eigenvalue weighted by atomic mass is 10.0. The maximum atomic E-state index is 2.36. The average Bonchev–Trinajstić information content (AvgIpc) is 1.61. The van der Waals surface area contributed by atoms with E-state index in [4.69, 9.17) is 0 Å². The number of para-hydroxylation sites is 12. The topological polar surface area (TPSA) is 24.6 Å². The van der Waals surface area contributed by atoms with E-state index in [1.807, 2.05) is 0 Å². The molecule has 0 saturated heterocycles. The molecule has 0 radical (unpaired) electrons. The Balaban J connectivity index is 0.0000000979. The summed E-state index contributed by atoms with van der Waals surface area (Å²) in [5, 5.41) is 13.1. The van der Waals surface area contributed by atoms with E-state index < -0.39 is 0 Å². The van der Waals surface area contributed by atoms with Crippen molar-refractivity contribution in [3.8, 4) is 39.6 Å². The van der Waals surface area contributed by atoms with Gasteiger partial charge in [-0.3, -0.25) is 0 Å². The van der Waals surface area contributed by atoms with Crippen LogP contribution < -0.4 is 0 Å². The molecular weight excluding hydrogens is 1280 g/mol. The standard InChI is InChI=1S/C25H19N.4C19H15N/c1-18-11-13-19(14-12-18)20-15-16-23-22-9-5-6-10-24(22)26(25(23)17-20)21-7-3-2-4-8-21;1-14-8-2-5-11-17(14)20-18-12-6-3-9-15(18)16-10-4-7-13-19(16)20;1-14-7-6-8-15(13-14)20-18-11-4-2-9-16(18)17-10-3-5-12-19(17)20;1-14-10-12-15(13-11-14)20-18-8-4-2-6-16(18)17-7-3-5-9-19(17)20;1-14-8-7-12-17-16-11-5-6-13-18(16)20(19(14)17)15-9-3-2-4-10-15/h2-17H,1H3;4*2-13H,1H3. The Morgan fingerprint density at radius 1 is 0.160 bits per heavy atom. The molecule has 5 aromatic heterocycles. The minimum Gasteiger partial charge on any atom is -0.309 e. The highest BCUT2D eigenvalue weighted by atomic mass is 15.0. The molecule has 0 atom stereocenters. The summed E-state index contributed by atoms with van der Waals surface area (Å²) in [5.74, 6) is 0. The molecule has 5 nitrogen and oxygen atoms in total.